The van der Waals surface area contributed by atoms with E-state index in [9.17, 15) is 0 Å². The van der Waals surface area contributed by atoms with E-state index >= 15 is 0 Å². The molecule has 1 saturated carbocycles. The third-order valence-corrected chi connectivity index (χ3v) is 3.66. The van der Waals surface area contributed by atoms with E-state index in [2.05, 4.69) is 19.2 Å². The van der Waals surface area contributed by atoms with Gasteiger partial charge in [0.15, 0.2) is 0 Å². The highest BCUT2D eigenvalue weighted by Crippen LogP contribution is 2.24. The average molecular weight is 198 g/mol. The van der Waals surface area contributed by atoms with E-state index in [0.29, 0.717) is 0 Å². The van der Waals surface area contributed by atoms with E-state index in [-0.39, 0.29) is 5.54 Å². The second kappa shape index (κ2) is 5.72. The third kappa shape index (κ3) is 2.96. The molecule has 0 radical (unpaired) electrons. The molecule has 0 aromatic heterocycles. The summed E-state index contributed by atoms with van der Waals surface area (Å²) in [6.45, 7) is 5.29. The molecule has 0 aromatic rings. The van der Waals surface area contributed by atoms with Gasteiger partial charge < -0.3 is 11.1 Å². The molecule has 1 rings (SSSR count). The fourth-order valence-corrected chi connectivity index (χ4v) is 2.64. The maximum Gasteiger partial charge on any atom is 0.0303 e. The fraction of sp³-hybridized carbons (Fsp3) is 1.00. The number of hydrogen-bond acceptors (Lipinski definition) is 2. The van der Waals surface area contributed by atoms with Crippen LogP contribution in [-0.4, -0.2) is 18.1 Å². The summed E-state index contributed by atoms with van der Waals surface area (Å²) in [7, 11) is 0. The highest BCUT2D eigenvalue weighted by Gasteiger charge is 2.29. The van der Waals surface area contributed by atoms with Crippen LogP contribution < -0.4 is 11.1 Å². The predicted molar refractivity (Wildman–Crippen MR) is 62.4 cm³/mol. The van der Waals surface area contributed by atoms with Crippen LogP contribution in [0.3, 0.4) is 0 Å². The predicted octanol–water partition coefficient (Wildman–Crippen LogP) is 2.43. The van der Waals surface area contributed by atoms with Crippen molar-refractivity contribution in [1.29, 1.82) is 0 Å². The summed E-state index contributed by atoms with van der Waals surface area (Å²) >= 11 is 0. The van der Waals surface area contributed by atoms with E-state index in [0.717, 1.165) is 19.0 Å². The summed E-state index contributed by atoms with van der Waals surface area (Å²) < 4.78 is 0. The molecule has 0 amide bonds. The van der Waals surface area contributed by atoms with Gasteiger partial charge in [0.25, 0.3) is 0 Å². The van der Waals surface area contributed by atoms with Gasteiger partial charge in [0.05, 0.1) is 0 Å². The van der Waals surface area contributed by atoms with E-state index in [1.165, 1.54) is 38.5 Å². The number of nitrogens with two attached hydrogens (primary N) is 1. The van der Waals surface area contributed by atoms with Crippen LogP contribution in [0.15, 0.2) is 0 Å². The minimum Gasteiger partial charge on any atom is -0.329 e. The molecule has 0 aromatic carbocycles. The van der Waals surface area contributed by atoms with Gasteiger partial charge in [-0.05, 0) is 25.7 Å². The van der Waals surface area contributed by atoms with E-state index in [1.54, 1.807) is 0 Å². The number of rotatable bonds is 6. The van der Waals surface area contributed by atoms with Crippen LogP contribution in [0.2, 0.25) is 0 Å². The first-order valence-electron chi connectivity index (χ1n) is 6.24. The Bertz CT molecular complexity index is 146. The van der Waals surface area contributed by atoms with Crippen molar-refractivity contribution in [3.8, 4) is 0 Å². The lowest BCUT2D eigenvalue weighted by Crippen LogP contribution is -2.54. The lowest BCUT2D eigenvalue weighted by molar-refractivity contribution is 0.261. The van der Waals surface area contributed by atoms with Crippen LogP contribution in [0.25, 0.3) is 0 Å². The van der Waals surface area contributed by atoms with Crippen LogP contribution >= 0.6 is 0 Å². The summed E-state index contributed by atoms with van der Waals surface area (Å²) in [5.41, 5.74) is 6.15. The molecule has 1 fully saturated rings. The Kier molecular flexibility index (Phi) is 4.90. The Morgan fingerprint density at radius 3 is 2.36 bits per heavy atom. The lowest BCUT2D eigenvalue weighted by Gasteiger charge is -2.35. The molecule has 0 spiro atoms. The molecule has 2 nitrogen and oxygen atoms in total. The summed E-state index contributed by atoms with van der Waals surface area (Å²) in [6, 6.07) is 0.741. The fourth-order valence-electron chi connectivity index (χ4n) is 2.64. The zero-order valence-electron chi connectivity index (χ0n) is 9.81. The van der Waals surface area contributed by atoms with Crippen molar-refractivity contribution in [2.45, 2.75) is 70.4 Å². The Labute approximate surface area is 88.6 Å². The lowest BCUT2D eigenvalue weighted by atomic mass is 9.89. The molecule has 0 bridgehead atoms. The molecule has 1 aliphatic carbocycles. The van der Waals surface area contributed by atoms with Crippen molar-refractivity contribution in [3.05, 3.63) is 0 Å². The van der Waals surface area contributed by atoms with Gasteiger partial charge in [-0.3, -0.25) is 0 Å². The van der Waals surface area contributed by atoms with Crippen molar-refractivity contribution in [2.24, 2.45) is 5.73 Å². The molecule has 3 N–H and O–H groups in total. The smallest absolute Gasteiger partial charge is 0.0303 e. The molecule has 0 heterocycles. The molecule has 0 saturated heterocycles. The maximum atomic E-state index is 5.92. The Morgan fingerprint density at radius 2 is 1.93 bits per heavy atom. The van der Waals surface area contributed by atoms with Gasteiger partial charge in [-0.25, -0.2) is 0 Å². The third-order valence-electron chi connectivity index (χ3n) is 3.66. The van der Waals surface area contributed by atoms with Gasteiger partial charge in [0.1, 0.15) is 0 Å². The second-order valence-electron chi connectivity index (χ2n) is 4.71. The standard InChI is InChI=1S/C12H26N2/c1-3-9-12(4-2,10-13)14-11-7-5-6-8-11/h11,14H,3-10,13H2,1-2H3. The SMILES string of the molecule is CCCC(CC)(CN)NC1CCCC1. The molecule has 1 unspecified atom stereocenters. The van der Waals surface area contributed by atoms with E-state index in [4.69, 9.17) is 5.73 Å². The maximum absolute atomic E-state index is 5.92. The Hall–Kier alpha value is -0.0800. The summed E-state index contributed by atoms with van der Waals surface area (Å²) in [5, 5.41) is 3.80. The molecule has 14 heavy (non-hydrogen) atoms. The molecule has 1 atom stereocenters. The minimum absolute atomic E-state index is 0.226. The first-order valence-corrected chi connectivity index (χ1v) is 6.24. The highest BCUT2D eigenvalue weighted by atomic mass is 15.0. The van der Waals surface area contributed by atoms with Crippen molar-refractivity contribution in [3.63, 3.8) is 0 Å². The van der Waals surface area contributed by atoms with E-state index in [1.807, 2.05) is 0 Å². The molecule has 2 heteroatoms. The summed E-state index contributed by atoms with van der Waals surface area (Å²) in [4.78, 5) is 0. The zero-order valence-corrected chi connectivity index (χ0v) is 9.81. The molecular formula is C12H26N2. The van der Waals surface area contributed by atoms with Crippen molar-refractivity contribution < 1.29 is 0 Å². The summed E-state index contributed by atoms with van der Waals surface area (Å²) in [5.74, 6) is 0. The zero-order chi connectivity index (χ0) is 10.4. The highest BCUT2D eigenvalue weighted by molar-refractivity contribution is 4.91. The van der Waals surface area contributed by atoms with Crippen LogP contribution in [-0.2, 0) is 0 Å². The molecular weight excluding hydrogens is 172 g/mol. The minimum atomic E-state index is 0.226. The number of hydrogen-bond donors (Lipinski definition) is 2. The normalized spacial score (nSPS) is 22.5. The number of nitrogens with one attached hydrogen (secondary N) is 1. The Balaban J connectivity index is 2.47. The van der Waals surface area contributed by atoms with Gasteiger partial charge in [0.2, 0.25) is 0 Å². The van der Waals surface area contributed by atoms with Gasteiger partial charge >= 0.3 is 0 Å². The quantitative estimate of drug-likeness (QED) is 0.688. The average Bonchev–Trinajstić information content (AvgIpc) is 2.69. The van der Waals surface area contributed by atoms with Crippen LogP contribution in [0.4, 0.5) is 0 Å². The van der Waals surface area contributed by atoms with Crippen LogP contribution in [0.1, 0.15) is 58.8 Å². The van der Waals surface area contributed by atoms with Crippen molar-refractivity contribution in [1.82, 2.24) is 5.32 Å². The van der Waals surface area contributed by atoms with Crippen molar-refractivity contribution >= 4 is 0 Å². The largest absolute Gasteiger partial charge is 0.329 e. The van der Waals surface area contributed by atoms with Crippen LogP contribution in [0.5, 0.6) is 0 Å². The van der Waals surface area contributed by atoms with Gasteiger partial charge in [0, 0.05) is 18.1 Å². The molecule has 84 valence electrons. The summed E-state index contributed by atoms with van der Waals surface area (Å²) in [6.07, 6.45) is 9.11. The first kappa shape index (κ1) is 12.0. The van der Waals surface area contributed by atoms with Gasteiger partial charge in [-0.1, -0.05) is 33.1 Å². The second-order valence-corrected chi connectivity index (χ2v) is 4.71. The molecule has 0 aliphatic heterocycles. The van der Waals surface area contributed by atoms with Gasteiger partial charge in [-0.2, -0.15) is 0 Å². The topological polar surface area (TPSA) is 38.0 Å². The Morgan fingerprint density at radius 1 is 1.29 bits per heavy atom. The van der Waals surface area contributed by atoms with Crippen LogP contribution in [0, 0.1) is 0 Å². The van der Waals surface area contributed by atoms with Crippen molar-refractivity contribution in [2.75, 3.05) is 6.54 Å². The monoisotopic (exact) mass is 198 g/mol. The molecule has 1 aliphatic rings. The van der Waals surface area contributed by atoms with Gasteiger partial charge in [-0.15, -0.1) is 0 Å². The first-order chi connectivity index (χ1) is 6.76. The van der Waals surface area contributed by atoms with E-state index < -0.39 is 0 Å².